The molecule has 0 saturated carbocycles. The predicted molar refractivity (Wildman–Crippen MR) is 76.3 cm³/mol. The lowest BCUT2D eigenvalue weighted by Crippen LogP contribution is -2.18. The lowest BCUT2D eigenvalue weighted by atomic mass is 10.2. The Labute approximate surface area is 114 Å². The van der Waals surface area contributed by atoms with Crippen molar-refractivity contribution in [2.75, 3.05) is 25.0 Å². The summed E-state index contributed by atoms with van der Waals surface area (Å²) in [5, 5.41) is 11.9. The van der Waals surface area contributed by atoms with E-state index in [4.69, 9.17) is 5.11 Å². The minimum Gasteiger partial charge on any atom is -0.481 e. The van der Waals surface area contributed by atoms with Crippen LogP contribution in [0, 0.1) is 0 Å². The minimum atomic E-state index is -0.732. The first-order valence-electron chi connectivity index (χ1n) is 7.01. The van der Waals surface area contributed by atoms with E-state index < -0.39 is 5.97 Å². The number of carboxylic acids is 1. The Balaban J connectivity index is 1.79. The van der Waals surface area contributed by atoms with Crippen LogP contribution < -0.4 is 5.32 Å². The molecule has 0 atom stereocenters. The summed E-state index contributed by atoms with van der Waals surface area (Å²) in [5.41, 5.74) is 2.41. The number of likely N-dealkylation sites (tertiary alicyclic amines) is 1. The summed E-state index contributed by atoms with van der Waals surface area (Å²) in [6.07, 6.45) is 3.51. The van der Waals surface area contributed by atoms with Crippen molar-refractivity contribution < 1.29 is 9.90 Å². The van der Waals surface area contributed by atoms with Crippen molar-refractivity contribution in [3.8, 4) is 0 Å². The van der Waals surface area contributed by atoms with Crippen molar-refractivity contribution >= 4 is 11.7 Å². The standard InChI is InChI=1S/C15H22N2O2/c18-15(19)7-4-8-16-14-6-3-5-13(11-14)12-17-9-1-2-10-17/h3,5-6,11,16H,1-2,4,7-10,12H2,(H,18,19). The van der Waals surface area contributed by atoms with E-state index in [2.05, 4.69) is 28.4 Å². The van der Waals surface area contributed by atoms with Crippen LogP contribution in [0.2, 0.25) is 0 Å². The predicted octanol–water partition coefficient (Wildman–Crippen LogP) is 2.56. The van der Waals surface area contributed by atoms with Crippen LogP contribution in [0.4, 0.5) is 5.69 Å². The maximum absolute atomic E-state index is 10.4. The third kappa shape index (κ3) is 4.91. The first-order chi connectivity index (χ1) is 9.24. The van der Waals surface area contributed by atoms with Crippen molar-refractivity contribution in [3.63, 3.8) is 0 Å². The average molecular weight is 262 g/mol. The van der Waals surface area contributed by atoms with Gasteiger partial charge >= 0.3 is 5.97 Å². The summed E-state index contributed by atoms with van der Waals surface area (Å²) in [4.78, 5) is 12.9. The molecule has 0 aliphatic carbocycles. The van der Waals surface area contributed by atoms with Crippen LogP contribution >= 0.6 is 0 Å². The Bertz CT molecular complexity index is 414. The zero-order valence-electron chi connectivity index (χ0n) is 11.3. The molecule has 0 radical (unpaired) electrons. The van der Waals surface area contributed by atoms with E-state index in [1.165, 1.54) is 31.5 Å². The highest BCUT2D eigenvalue weighted by atomic mass is 16.4. The maximum Gasteiger partial charge on any atom is 0.303 e. The number of carboxylic acid groups (broad SMARTS) is 1. The summed E-state index contributed by atoms with van der Waals surface area (Å²) in [6, 6.07) is 8.42. The number of carbonyl (C=O) groups is 1. The molecular formula is C15H22N2O2. The molecule has 19 heavy (non-hydrogen) atoms. The third-order valence-electron chi connectivity index (χ3n) is 3.43. The van der Waals surface area contributed by atoms with E-state index in [0.29, 0.717) is 13.0 Å². The number of aliphatic carboxylic acids is 1. The van der Waals surface area contributed by atoms with Gasteiger partial charge in [-0.2, -0.15) is 0 Å². The number of benzene rings is 1. The second-order valence-electron chi connectivity index (χ2n) is 5.11. The molecule has 1 aromatic rings. The minimum absolute atomic E-state index is 0.223. The van der Waals surface area contributed by atoms with Gasteiger partial charge in [0.05, 0.1) is 0 Å². The van der Waals surface area contributed by atoms with Crippen LogP contribution in [-0.4, -0.2) is 35.6 Å². The van der Waals surface area contributed by atoms with E-state index in [-0.39, 0.29) is 6.42 Å². The van der Waals surface area contributed by atoms with E-state index in [9.17, 15) is 4.79 Å². The zero-order chi connectivity index (χ0) is 13.5. The number of nitrogens with zero attached hydrogens (tertiary/aromatic N) is 1. The molecule has 2 N–H and O–H groups in total. The van der Waals surface area contributed by atoms with Crippen LogP contribution in [0.1, 0.15) is 31.2 Å². The second-order valence-corrected chi connectivity index (χ2v) is 5.11. The fourth-order valence-corrected chi connectivity index (χ4v) is 2.45. The normalized spacial score (nSPS) is 15.6. The molecule has 1 heterocycles. The van der Waals surface area contributed by atoms with Crippen LogP contribution in [0.3, 0.4) is 0 Å². The van der Waals surface area contributed by atoms with E-state index in [0.717, 1.165) is 12.2 Å². The van der Waals surface area contributed by atoms with E-state index in [1.807, 2.05) is 6.07 Å². The summed E-state index contributed by atoms with van der Waals surface area (Å²) in [7, 11) is 0. The summed E-state index contributed by atoms with van der Waals surface area (Å²) in [6.45, 7) is 4.14. The second kappa shape index (κ2) is 7.14. The Morgan fingerprint density at radius 3 is 2.84 bits per heavy atom. The first kappa shape index (κ1) is 13.9. The van der Waals surface area contributed by atoms with Gasteiger partial charge in [-0.3, -0.25) is 9.69 Å². The molecule has 0 bridgehead atoms. The molecule has 104 valence electrons. The largest absolute Gasteiger partial charge is 0.481 e. The molecule has 0 spiro atoms. The van der Waals surface area contributed by atoms with Gasteiger partial charge in [-0.25, -0.2) is 0 Å². The van der Waals surface area contributed by atoms with Gasteiger partial charge in [-0.15, -0.1) is 0 Å². The topological polar surface area (TPSA) is 52.6 Å². The van der Waals surface area contributed by atoms with Crippen LogP contribution in [-0.2, 0) is 11.3 Å². The van der Waals surface area contributed by atoms with Crippen molar-refractivity contribution in [2.45, 2.75) is 32.2 Å². The van der Waals surface area contributed by atoms with Crippen LogP contribution in [0.5, 0.6) is 0 Å². The quantitative estimate of drug-likeness (QED) is 0.742. The van der Waals surface area contributed by atoms with Gasteiger partial charge in [0.1, 0.15) is 0 Å². The number of nitrogens with one attached hydrogen (secondary N) is 1. The monoisotopic (exact) mass is 262 g/mol. The first-order valence-corrected chi connectivity index (χ1v) is 7.01. The molecule has 0 amide bonds. The number of hydrogen-bond acceptors (Lipinski definition) is 3. The number of rotatable bonds is 7. The average Bonchev–Trinajstić information content (AvgIpc) is 2.88. The molecule has 1 saturated heterocycles. The Morgan fingerprint density at radius 1 is 1.32 bits per heavy atom. The highest BCUT2D eigenvalue weighted by Gasteiger charge is 2.11. The van der Waals surface area contributed by atoms with Gasteiger partial charge in [0.15, 0.2) is 0 Å². The van der Waals surface area contributed by atoms with E-state index in [1.54, 1.807) is 0 Å². The fourth-order valence-electron chi connectivity index (χ4n) is 2.45. The third-order valence-corrected chi connectivity index (χ3v) is 3.43. The summed E-state index contributed by atoms with van der Waals surface area (Å²) in [5.74, 6) is -0.732. The van der Waals surface area contributed by atoms with Crippen molar-refractivity contribution in [1.82, 2.24) is 4.90 Å². The Kier molecular flexibility index (Phi) is 5.21. The molecule has 1 aliphatic rings. The SMILES string of the molecule is O=C(O)CCCNc1cccc(CN2CCCC2)c1. The molecule has 4 nitrogen and oxygen atoms in total. The van der Waals surface area contributed by atoms with Crippen molar-refractivity contribution in [3.05, 3.63) is 29.8 Å². The maximum atomic E-state index is 10.4. The highest BCUT2D eigenvalue weighted by Crippen LogP contribution is 2.16. The Morgan fingerprint density at radius 2 is 2.11 bits per heavy atom. The van der Waals surface area contributed by atoms with Crippen molar-refractivity contribution in [2.24, 2.45) is 0 Å². The van der Waals surface area contributed by atoms with Gasteiger partial charge < -0.3 is 10.4 Å². The van der Waals surface area contributed by atoms with Crippen LogP contribution in [0.25, 0.3) is 0 Å². The highest BCUT2D eigenvalue weighted by molar-refractivity contribution is 5.66. The zero-order valence-corrected chi connectivity index (χ0v) is 11.3. The fraction of sp³-hybridized carbons (Fsp3) is 0.533. The van der Waals surface area contributed by atoms with Crippen molar-refractivity contribution in [1.29, 1.82) is 0 Å². The molecule has 1 fully saturated rings. The molecule has 1 aliphatic heterocycles. The lowest BCUT2D eigenvalue weighted by molar-refractivity contribution is -0.137. The smallest absolute Gasteiger partial charge is 0.303 e. The van der Waals surface area contributed by atoms with Crippen LogP contribution in [0.15, 0.2) is 24.3 Å². The molecule has 1 aromatic carbocycles. The van der Waals surface area contributed by atoms with Gasteiger partial charge in [0.2, 0.25) is 0 Å². The van der Waals surface area contributed by atoms with Gasteiger partial charge in [-0.05, 0) is 50.0 Å². The van der Waals surface area contributed by atoms with E-state index >= 15 is 0 Å². The summed E-state index contributed by atoms with van der Waals surface area (Å²) >= 11 is 0. The van der Waals surface area contributed by atoms with Gasteiger partial charge in [-0.1, -0.05) is 12.1 Å². The molecule has 4 heteroatoms. The number of hydrogen-bond donors (Lipinski definition) is 2. The lowest BCUT2D eigenvalue weighted by Gasteiger charge is -2.15. The molecule has 0 unspecified atom stereocenters. The van der Waals surface area contributed by atoms with Gasteiger partial charge in [0, 0.05) is 25.2 Å². The van der Waals surface area contributed by atoms with Gasteiger partial charge in [0.25, 0.3) is 0 Å². The summed E-state index contributed by atoms with van der Waals surface area (Å²) < 4.78 is 0. The number of anilines is 1. The Hall–Kier alpha value is -1.55. The molecular weight excluding hydrogens is 240 g/mol. The molecule has 2 rings (SSSR count). The molecule has 0 aromatic heterocycles.